The molecule has 2 aromatic heterocycles. The van der Waals surface area contributed by atoms with Crippen LogP contribution in [0.4, 0.5) is 24.9 Å². The summed E-state index contributed by atoms with van der Waals surface area (Å²) < 4.78 is 45.4. The van der Waals surface area contributed by atoms with E-state index in [0.717, 1.165) is 6.07 Å². The summed E-state index contributed by atoms with van der Waals surface area (Å²) in [5.74, 6) is 0.937. The molecular formula is C20H20F3N5O. The van der Waals surface area contributed by atoms with Crippen molar-refractivity contribution in [2.24, 2.45) is 0 Å². The van der Waals surface area contributed by atoms with Gasteiger partial charge in [-0.05, 0) is 30.7 Å². The van der Waals surface area contributed by atoms with Crippen molar-refractivity contribution < 1.29 is 17.9 Å². The first kappa shape index (κ1) is 19.4. The molecule has 0 amide bonds. The summed E-state index contributed by atoms with van der Waals surface area (Å²) in [6, 6.07) is 9.15. The molecule has 0 saturated carbocycles. The second kappa shape index (κ2) is 7.82. The Morgan fingerprint density at radius 2 is 2.00 bits per heavy atom. The minimum Gasteiger partial charge on any atom is -0.377 e. The topological polar surface area (TPSA) is 63.2 Å². The van der Waals surface area contributed by atoms with Gasteiger partial charge >= 0.3 is 6.18 Å². The Labute approximate surface area is 165 Å². The van der Waals surface area contributed by atoms with Gasteiger partial charge in [-0.15, -0.1) is 0 Å². The zero-order valence-corrected chi connectivity index (χ0v) is 15.8. The number of ether oxygens (including phenoxy) is 1. The van der Waals surface area contributed by atoms with Crippen molar-refractivity contribution in [3.8, 4) is 0 Å². The second-order valence-electron chi connectivity index (χ2n) is 6.87. The van der Waals surface area contributed by atoms with Crippen LogP contribution in [0.15, 0.2) is 42.6 Å². The molecule has 1 atom stereocenters. The molecule has 0 aliphatic carbocycles. The summed E-state index contributed by atoms with van der Waals surface area (Å²) in [4.78, 5) is 15.5. The third kappa shape index (κ3) is 4.09. The highest BCUT2D eigenvalue weighted by atomic mass is 19.4. The van der Waals surface area contributed by atoms with Gasteiger partial charge in [0.05, 0.1) is 30.2 Å². The monoisotopic (exact) mass is 403 g/mol. The number of anilines is 2. The fourth-order valence-corrected chi connectivity index (χ4v) is 3.37. The molecule has 1 aliphatic rings. The lowest BCUT2D eigenvalue weighted by molar-refractivity contribution is -0.138. The van der Waals surface area contributed by atoms with Crippen LogP contribution in [0.5, 0.6) is 0 Å². The molecular weight excluding hydrogens is 383 g/mol. The normalized spacial score (nSPS) is 17.5. The minimum atomic E-state index is -4.41. The highest BCUT2D eigenvalue weighted by Crippen LogP contribution is 2.32. The van der Waals surface area contributed by atoms with E-state index in [4.69, 9.17) is 4.74 Å². The van der Waals surface area contributed by atoms with E-state index in [1.54, 1.807) is 24.4 Å². The van der Waals surface area contributed by atoms with E-state index in [-0.39, 0.29) is 18.2 Å². The first-order valence-corrected chi connectivity index (χ1v) is 9.29. The predicted octanol–water partition coefficient (Wildman–Crippen LogP) is 3.88. The standard InChI is InChI=1S/C20H20F3N5O/c1-13-12-29-10-9-28(13)19-26-17-15(6-4-8-24-17)18(27-19)25-11-14-5-2-3-7-16(14)20(21,22)23/h2-8,13H,9-12H2,1H3,(H,24,25,26,27)/t13-/m0/s1. The maximum absolute atomic E-state index is 13.3. The van der Waals surface area contributed by atoms with Gasteiger partial charge < -0.3 is 15.0 Å². The van der Waals surface area contributed by atoms with E-state index in [0.29, 0.717) is 42.6 Å². The Hall–Kier alpha value is -2.94. The van der Waals surface area contributed by atoms with Gasteiger partial charge in [0.2, 0.25) is 5.95 Å². The first-order chi connectivity index (χ1) is 13.9. The number of rotatable bonds is 4. The van der Waals surface area contributed by atoms with E-state index in [1.807, 2.05) is 11.8 Å². The van der Waals surface area contributed by atoms with Crippen molar-refractivity contribution in [3.05, 3.63) is 53.7 Å². The van der Waals surface area contributed by atoms with Gasteiger partial charge in [-0.25, -0.2) is 4.98 Å². The van der Waals surface area contributed by atoms with Gasteiger partial charge in [-0.3, -0.25) is 0 Å². The molecule has 152 valence electrons. The van der Waals surface area contributed by atoms with Gasteiger partial charge in [0, 0.05) is 19.3 Å². The Balaban J connectivity index is 1.69. The number of nitrogens with one attached hydrogen (secondary N) is 1. The number of nitrogens with zero attached hydrogens (tertiary/aromatic N) is 4. The molecule has 1 saturated heterocycles. The molecule has 0 radical (unpaired) electrons. The fourth-order valence-electron chi connectivity index (χ4n) is 3.37. The zero-order chi connectivity index (χ0) is 20.4. The summed E-state index contributed by atoms with van der Waals surface area (Å²) in [5, 5.41) is 3.72. The summed E-state index contributed by atoms with van der Waals surface area (Å²) in [5.41, 5.74) is -0.0225. The number of benzene rings is 1. The number of halogens is 3. The Morgan fingerprint density at radius 1 is 1.17 bits per heavy atom. The Bertz CT molecular complexity index is 1010. The molecule has 29 heavy (non-hydrogen) atoms. The minimum absolute atomic E-state index is 0.0191. The van der Waals surface area contributed by atoms with Crippen molar-refractivity contribution in [1.82, 2.24) is 15.0 Å². The van der Waals surface area contributed by atoms with Crippen LogP contribution in [0.2, 0.25) is 0 Å². The van der Waals surface area contributed by atoms with Crippen LogP contribution in [-0.4, -0.2) is 40.8 Å². The number of hydrogen-bond acceptors (Lipinski definition) is 6. The summed E-state index contributed by atoms with van der Waals surface area (Å²) in [6.45, 7) is 3.75. The molecule has 1 fully saturated rings. The lowest BCUT2D eigenvalue weighted by Gasteiger charge is -2.33. The molecule has 6 nitrogen and oxygen atoms in total. The maximum Gasteiger partial charge on any atom is 0.416 e. The van der Waals surface area contributed by atoms with Crippen LogP contribution in [0, 0.1) is 0 Å². The quantitative estimate of drug-likeness (QED) is 0.713. The summed E-state index contributed by atoms with van der Waals surface area (Å²) in [7, 11) is 0. The molecule has 1 aromatic carbocycles. The van der Waals surface area contributed by atoms with Crippen molar-refractivity contribution in [2.75, 3.05) is 30.0 Å². The summed E-state index contributed by atoms with van der Waals surface area (Å²) in [6.07, 6.45) is -2.79. The van der Waals surface area contributed by atoms with Crippen molar-refractivity contribution in [3.63, 3.8) is 0 Å². The van der Waals surface area contributed by atoms with Crippen molar-refractivity contribution in [1.29, 1.82) is 0 Å². The zero-order valence-electron chi connectivity index (χ0n) is 15.8. The lowest BCUT2D eigenvalue weighted by Crippen LogP contribution is -2.44. The molecule has 0 unspecified atom stereocenters. The van der Waals surface area contributed by atoms with Crippen LogP contribution in [0.3, 0.4) is 0 Å². The third-order valence-electron chi connectivity index (χ3n) is 4.85. The van der Waals surface area contributed by atoms with Crippen LogP contribution in [0.1, 0.15) is 18.1 Å². The van der Waals surface area contributed by atoms with Gasteiger partial charge in [0.25, 0.3) is 0 Å². The lowest BCUT2D eigenvalue weighted by atomic mass is 10.1. The SMILES string of the molecule is C[C@H]1COCCN1c1nc(NCc2ccccc2C(F)(F)F)c2cccnc2n1. The van der Waals surface area contributed by atoms with Crippen molar-refractivity contribution in [2.45, 2.75) is 25.7 Å². The van der Waals surface area contributed by atoms with Gasteiger partial charge in [0.1, 0.15) is 5.82 Å². The molecule has 9 heteroatoms. The van der Waals surface area contributed by atoms with E-state index in [2.05, 4.69) is 20.3 Å². The van der Waals surface area contributed by atoms with E-state index < -0.39 is 11.7 Å². The van der Waals surface area contributed by atoms with E-state index >= 15 is 0 Å². The average molecular weight is 403 g/mol. The molecule has 0 bridgehead atoms. The fraction of sp³-hybridized carbons (Fsp3) is 0.350. The number of morpholine rings is 1. The van der Waals surface area contributed by atoms with Gasteiger partial charge in [0.15, 0.2) is 5.65 Å². The molecule has 1 aliphatic heterocycles. The molecule has 3 aromatic rings. The Morgan fingerprint density at radius 3 is 2.79 bits per heavy atom. The smallest absolute Gasteiger partial charge is 0.377 e. The molecule has 4 rings (SSSR count). The average Bonchev–Trinajstić information content (AvgIpc) is 2.71. The highest BCUT2D eigenvalue weighted by Gasteiger charge is 2.32. The Kier molecular flexibility index (Phi) is 5.23. The third-order valence-corrected chi connectivity index (χ3v) is 4.85. The second-order valence-corrected chi connectivity index (χ2v) is 6.87. The van der Waals surface area contributed by atoms with Gasteiger partial charge in [-0.1, -0.05) is 18.2 Å². The van der Waals surface area contributed by atoms with Gasteiger partial charge in [-0.2, -0.15) is 23.1 Å². The molecule has 3 heterocycles. The summed E-state index contributed by atoms with van der Waals surface area (Å²) >= 11 is 0. The van der Waals surface area contributed by atoms with Crippen LogP contribution in [-0.2, 0) is 17.5 Å². The largest absolute Gasteiger partial charge is 0.416 e. The molecule has 1 N–H and O–H groups in total. The van der Waals surface area contributed by atoms with Crippen LogP contribution < -0.4 is 10.2 Å². The van der Waals surface area contributed by atoms with E-state index in [9.17, 15) is 13.2 Å². The number of alkyl halides is 3. The number of aromatic nitrogens is 3. The molecule has 0 spiro atoms. The number of pyridine rings is 1. The van der Waals surface area contributed by atoms with Crippen molar-refractivity contribution >= 4 is 22.8 Å². The van der Waals surface area contributed by atoms with E-state index in [1.165, 1.54) is 12.1 Å². The maximum atomic E-state index is 13.3. The predicted molar refractivity (Wildman–Crippen MR) is 104 cm³/mol. The number of hydrogen-bond donors (Lipinski definition) is 1. The first-order valence-electron chi connectivity index (χ1n) is 9.29. The van der Waals surface area contributed by atoms with Crippen LogP contribution in [0.25, 0.3) is 11.0 Å². The van der Waals surface area contributed by atoms with Crippen LogP contribution >= 0.6 is 0 Å². The highest BCUT2D eigenvalue weighted by molar-refractivity contribution is 5.87. The number of fused-ring (bicyclic) bond motifs is 1.